The Balaban J connectivity index is 2.68. The van der Waals surface area contributed by atoms with Crippen LogP contribution < -0.4 is 5.73 Å². The third-order valence-electron chi connectivity index (χ3n) is 1.79. The molecule has 0 aromatic heterocycles. The van der Waals surface area contributed by atoms with Crippen LogP contribution in [0.1, 0.15) is 20.8 Å². The monoisotopic (exact) mass is 212 g/mol. The Morgan fingerprint density at radius 3 is 2.73 bits per heavy atom. The van der Waals surface area contributed by atoms with Gasteiger partial charge in [0.25, 0.3) is 0 Å². The van der Waals surface area contributed by atoms with Crippen molar-refractivity contribution in [3.05, 3.63) is 12.2 Å². The zero-order valence-electron chi connectivity index (χ0n) is 9.19. The summed E-state index contributed by atoms with van der Waals surface area (Å²) in [6, 6.07) is 0. The van der Waals surface area contributed by atoms with Crippen LogP contribution in [0.2, 0.25) is 0 Å². The van der Waals surface area contributed by atoms with Crippen molar-refractivity contribution >= 4 is 11.9 Å². The van der Waals surface area contributed by atoms with Crippen LogP contribution in [0, 0.1) is 0 Å². The lowest BCUT2D eigenvalue weighted by atomic mass is 10.2. The first kappa shape index (κ1) is 11.7. The van der Waals surface area contributed by atoms with Crippen molar-refractivity contribution < 1.29 is 14.3 Å². The number of nitrogens with zero attached hydrogens (tertiary/aromatic N) is 1. The fourth-order valence-corrected chi connectivity index (χ4v) is 1.14. The van der Waals surface area contributed by atoms with Gasteiger partial charge in [0.05, 0.1) is 6.54 Å². The minimum absolute atomic E-state index is 0.0212. The van der Waals surface area contributed by atoms with Crippen LogP contribution in [0.3, 0.4) is 0 Å². The van der Waals surface area contributed by atoms with Crippen molar-refractivity contribution in [3.63, 3.8) is 0 Å². The second kappa shape index (κ2) is 4.02. The Bertz CT molecular complexity index is 304. The van der Waals surface area contributed by atoms with E-state index in [4.69, 9.17) is 10.5 Å². The van der Waals surface area contributed by atoms with Crippen molar-refractivity contribution in [2.24, 2.45) is 5.73 Å². The van der Waals surface area contributed by atoms with Gasteiger partial charge < -0.3 is 10.5 Å². The maximum atomic E-state index is 11.6. The molecule has 1 aliphatic rings. The lowest BCUT2D eigenvalue weighted by molar-refractivity contribution is -0.116. The van der Waals surface area contributed by atoms with Crippen LogP contribution in [-0.2, 0) is 9.53 Å². The van der Waals surface area contributed by atoms with Crippen molar-refractivity contribution in [2.45, 2.75) is 32.5 Å². The average molecular weight is 212 g/mol. The normalized spacial score (nSPS) is 21.7. The van der Waals surface area contributed by atoms with Gasteiger partial charge in [0, 0.05) is 0 Å². The number of amides is 1. The van der Waals surface area contributed by atoms with E-state index in [0.717, 1.165) is 0 Å². The Morgan fingerprint density at radius 1 is 1.60 bits per heavy atom. The highest BCUT2D eigenvalue weighted by Crippen LogP contribution is 2.12. The summed E-state index contributed by atoms with van der Waals surface area (Å²) >= 11 is 0. The molecule has 1 aliphatic heterocycles. The maximum Gasteiger partial charge on any atom is 0.412 e. The second-order valence-electron chi connectivity index (χ2n) is 4.42. The van der Waals surface area contributed by atoms with E-state index in [1.54, 1.807) is 20.8 Å². The van der Waals surface area contributed by atoms with E-state index in [9.17, 15) is 9.59 Å². The first-order valence-electron chi connectivity index (χ1n) is 4.76. The minimum Gasteiger partial charge on any atom is -0.444 e. The average Bonchev–Trinajstić information content (AvgIpc) is 2.06. The molecule has 5 heteroatoms. The summed E-state index contributed by atoms with van der Waals surface area (Å²) in [7, 11) is 0. The second-order valence-corrected chi connectivity index (χ2v) is 4.42. The van der Waals surface area contributed by atoms with Crippen LogP contribution in [0.15, 0.2) is 12.2 Å². The Hall–Kier alpha value is -1.36. The Kier molecular flexibility index (Phi) is 3.14. The zero-order valence-corrected chi connectivity index (χ0v) is 9.19. The van der Waals surface area contributed by atoms with Gasteiger partial charge in [-0.2, -0.15) is 0 Å². The van der Waals surface area contributed by atoms with E-state index in [1.165, 1.54) is 17.1 Å². The topological polar surface area (TPSA) is 72.6 Å². The number of carbonyl (C=O) groups excluding carboxylic acids is 2. The molecule has 5 nitrogen and oxygen atoms in total. The van der Waals surface area contributed by atoms with Gasteiger partial charge in [-0.3, -0.25) is 9.69 Å². The summed E-state index contributed by atoms with van der Waals surface area (Å²) in [5.41, 5.74) is 5.06. The highest BCUT2D eigenvalue weighted by molar-refractivity contribution is 5.94. The Labute approximate surface area is 88.9 Å². The molecular formula is C10H16N2O3. The van der Waals surface area contributed by atoms with Gasteiger partial charge in [0.1, 0.15) is 11.8 Å². The molecule has 0 bridgehead atoms. The van der Waals surface area contributed by atoms with Gasteiger partial charge >= 0.3 is 6.09 Å². The molecule has 1 amide bonds. The number of rotatable bonds is 0. The fourth-order valence-electron chi connectivity index (χ4n) is 1.14. The highest BCUT2D eigenvalue weighted by Gasteiger charge is 2.28. The van der Waals surface area contributed by atoms with Crippen LogP contribution in [0.5, 0.6) is 0 Å². The largest absolute Gasteiger partial charge is 0.444 e. The number of carbonyl (C=O) groups is 2. The fraction of sp³-hybridized carbons (Fsp3) is 0.600. The van der Waals surface area contributed by atoms with Gasteiger partial charge in [-0.25, -0.2) is 4.79 Å². The predicted octanol–water partition coefficient (Wildman–Crippen LogP) is 0.647. The maximum absolute atomic E-state index is 11.6. The highest BCUT2D eigenvalue weighted by atomic mass is 16.6. The van der Waals surface area contributed by atoms with E-state index >= 15 is 0 Å². The smallest absolute Gasteiger partial charge is 0.412 e. The van der Waals surface area contributed by atoms with Gasteiger partial charge in [-0.15, -0.1) is 0 Å². The third kappa shape index (κ3) is 3.36. The summed E-state index contributed by atoms with van der Waals surface area (Å²) < 4.78 is 5.12. The molecule has 84 valence electrons. The molecule has 1 atom stereocenters. The van der Waals surface area contributed by atoms with E-state index in [2.05, 4.69) is 0 Å². The van der Waals surface area contributed by atoms with Crippen LogP contribution in [-0.4, -0.2) is 35.1 Å². The zero-order chi connectivity index (χ0) is 11.6. The predicted molar refractivity (Wildman–Crippen MR) is 55.1 cm³/mol. The number of hydrogen-bond donors (Lipinski definition) is 1. The van der Waals surface area contributed by atoms with Crippen molar-refractivity contribution in [2.75, 3.05) is 6.54 Å². The Morgan fingerprint density at radius 2 is 2.20 bits per heavy atom. The van der Waals surface area contributed by atoms with Crippen molar-refractivity contribution in [1.29, 1.82) is 0 Å². The van der Waals surface area contributed by atoms with Crippen molar-refractivity contribution in [1.82, 2.24) is 4.90 Å². The van der Waals surface area contributed by atoms with Crippen LogP contribution in [0.4, 0.5) is 4.79 Å². The molecule has 1 rings (SSSR count). The molecule has 0 saturated carbocycles. The van der Waals surface area contributed by atoms with E-state index in [1.807, 2.05) is 0 Å². The number of hydrogen-bond acceptors (Lipinski definition) is 4. The molecule has 0 saturated heterocycles. The lowest BCUT2D eigenvalue weighted by Crippen LogP contribution is -2.50. The first-order valence-corrected chi connectivity index (χ1v) is 4.76. The molecule has 1 heterocycles. The van der Waals surface area contributed by atoms with E-state index in [-0.39, 0.29) is 12.3 Å². The van der Waals surface area contributed by atoms with Gasteiger partial charge in [0.15, 0.2) is 5.78 Å². The van der Waals surface area contributed by atoms with Crippen molar-refractivity contribution in [3.8, 4) is 0 Å². The molecule has 0 radical (unpaired) electrons. The van der Waals surface area contributed by atoms with Gasteiger partial charge in [-0.05, 0) is 32.9 Å². The first-order chi connectivity index (χ1) is 6.79. The molecular weight excluding hydrogens is 196 g/mol. The quantitative estimate of drug-likeness (QED) is 0.639. The summed E-state index contributed by atoms with van der Waals surface area (Å²) in [6.45, 7) is 5.26. The lowest BCUT2D eigenvalue weighted by Gasteiger charge is -2.31. The number of ether oxygens (including phenoxy) is 1. The summed E-state index contributed by atoms with van der Waals surface area (Å²) in [6.07, 6.45) is 1.71. The number of nitrogens with two attached hydrogens (primary N) is 1. The minimum atomic E-state index is -0.586. The van der Waals surface area contributed by atoms with Crippen LogP contribution in [0.25, 0.3) is 0 Å². The third-order valence-corrected chi connectivity index (χ3v) is 1.79. The molecule has 0 fully saturated rings. The van der Waals surface area contributed by atoms with Gasteiger partial charge in [-0.1, -0.05) is 0 Å². The van der Waals surface area contributed by atoms with Crippen LogP contribution >= 0.6 is 0 Å². The molecule has 15 heavy (non-hydrogen) atoms. The van der Waals surface area contributed by atoms with E-state index < -0.39 is 17.9 Å². The summed E-state index contributed by atoms with van der Waals surface area (Å²) in [5, 5.41) is 0. The summed E-state index contributed by atoms with van der Waals surface area (Å²) in [4.78, 5) is 23.9. The van der Waals surface area contributed by atoms with E-state index in [0.29, 0.717) is 0 Å². The molecule has 0 aromatic rings. The number of ketones is 1. The molecule has 1 unspecified atom stereocenters. The summed E-state index contributed by atoms with van der Waals surface area (Å²) in [5.74, 6) is -0.150. The molecule has 0 aromatic carbocycles. The standard InChI is InChI=1S/C10H16N2O3/c1-10(2,3)15-9(14)12-6-7(13)4-5-8(12)11/h4-5,8H,6,11H2,1-3H3. The molecule has 0 aliphatic carbocycles. The van der Waals surface area contributed by atoms with Gasteiger partial charge in [0.2, 0.25) is 0 Å². The SMILES string of the molecule is CC(C)(C)OC(=O)N1CC(=O)C=CC1N. The molecule has 0 spiro atoms. The molecule has 2 N–H and O–H groups in total.